The third-order valence-corrected chi connectivity index (χ3v) is 8.28. The summed E-state index contributed by atoms with van der Waals surface area (Å²) in [6, 6.07) is 30.5. The number of fused-ring (bicyclic) bond motifs is 1. The molecule has 0 aliphatic carbocycles. The fraction of sp³-hybridized carbons (Fsp3) is 0.243. The molecule has 7 heteroatoms. The van der Waals surface area contributed by atoms with E-state index in [-0.39, 0.29) is 12.6 Å². The summed E-state index contributed by atoms with van der Waals surface area (Å²) in [6.07, 6.45) is 1.34. The molecule has 224 valence electrons. The molecule has 4 aromatic carbocycles. The molecule has 0 fully saturated rings. The van der Waals surface area contributed by atoms with Crippen LogP contribution in [-0.2, 0) is 17.7 Å². The average Bonchev–Trinajstić information content (AvgIpc) is 3.37. The van der Waals surface area contributed by atoms with Gasteiger partial charge in [-0.15, -0.1) is 0 Å². The fourth-order valence-corrected chi connectivity index (χ4v) is 6.40. The number of aromatic nitrogens is 1. The van der Waals surface area contributed by atoms with E-state index in [1.165, 1.54) is 0 Å². The van der Waals surface area contributed by atoms with Gasteiger partial charge in [-0.25, -0.2) is 4.79 Å². The Kier molecular flexibility index (Phi) is 8.37. The van der Waals surface area contributed by atoms with Crippen molar-refractivity contribution in [2.75, 3.05) is 31.2 Å². The molecule has 7 nitrogen and oxygen atoms in total. The monoisotopic (exact) mass is 586 g/mol. The van der Waals surface area contributed by atoms with Crippen LogP contribution in [0.25, 0.3) is 27.2 Å². The highest BCUT2D eigenvalue weighted by molar-refractivity contribution is 6.25. The van der Waals surface area contributed by atoms with Crippen molar-refractivity contribution >= 4 is 44.6 Å². The van der Waals surface area contributed by atoms with Gasteiger partial charge in [0.15, 0.2) is 0 Å². The Hall–Kier alpha value is -5.04. The predicted octanol–water partition coefficient (Wildman–Crippen LogP) is 7.21. The van der Waals surface area contributed by atoms with Crippen molar-refractivity contribution in [1.29, 1.82) is 5.41 Å². The lowest BCUT2D eigenvalue weighted by atomic mass is 9.95. The molecule has 1 aliphatic rings. The molecular weight excluding hydrogens is 548 g/mol. The van der Waals surface area contributed by atoms with Gasteiger partial charge < -0.3 is 30.1 Å². The van der Waals surface area contributed by atoms with Gasteiger partial charge in [-0.1, -0.05) is 72.8 Å². The smallest absolute Gasteiger partial charge is 0.355 e. The minimum Gasteiger partial charge on any atom is -0.493 e. The Morgan fingerprint density at radius 2 is 1.64 bits per heavy atom. The van der Waals surface area contributed by atoms with E-state index < -0.39 is 0 Å². The van der Waals surface area contributed by atoms with E-state index in [9.17, 15) is 4.79 Å². The first-order chi connectivity index (χ1) is 21.5. The van der Waals surface area contributed by atoms with Crippen molar-refractivity contribution in [3.63, 3.8) is 0 Å². The molecule has 0 saturated heterocycles. The van der Waals surface area contributed by atoms with Gasteiger partial charge in [0, 0.05) is 52.1 Å². The highest BCUT2D eigenvalue weighted by atomic mass is 16.5. The van der Waals surface area contributed by atoms with Crippen LogP contribution >= 0.6 is 0 Å². The predicted molar refractivity (Wildman–Crippen MR) is 179 cm³/mol. The number of hydrogen-bond acceptors (Lipinski definition) is 6. The number of carbonyl (C=O) groups excluding carboxylic acids is 1. The summed E-state index contributed by atoms with van der Waals surface area (Å²) in [4.78, 5) is 15.9. The van der Waals surface area contributed by atoms with Gasteiger partial charge in [-0.3, -0.25) is 0 Å². The summed E-state index contributed by atoms with van der Waals surface area (Å²) in [6.45, 7) is 6.05. The van der Waals surface area contributed by atoms with E-state index in [4.69, 9.17) is 20.6 Å². The topological polar surface area (TPSA) is 93.6 Å². The Bertz CT molecular complexity index is 1870. The van der Waals surface area contributed by atoms with Crippen LogP contribution in [0.4, 0.5) is 5.69 Å². The van der Waals surface area contributed by atoms with Crippen molar-refractivity contribution < 1.29 is 14.3 Å². The molecule has 5 aromatic rings. The van der Waals surface area contributed by atoms with Crippen LogP contribution < -0.4 is 15.4 Å². The van der Waals surface area contributed by atoms with Crippen LogP contribution in [0.2, 0.25) is 0 Å². The summed E-state index contributed by atoms with van der Waals surface area (Å²) in [5.74, 6) is 0.517. The van der Waals surface area contributed by atoms with E-state index in [2.05, 4.69) is 45.9 Å². The van der Waals surface area contributed by atoms with Crippen molar-refractivity contribution in [3.8, 4) is 5.75 Å². The molecule has 3 N–H and O–H groups in total. The molecule has 0 atom stereocenters. The molecular formula is C37H38N4O3. The minimum absolute atomic E-state index is 0.282. The van der Waals surface area contributed by atoms with Gasteiger partial charge in [0.25, 0.3) is 0 Å². The number of nitrogens with two attached hydrogens (primary N) is 1. The second-order valence-corrected chi connectivity index (χ2v) is 11.1. The third kappa shape index (κ3) is 5.53. The Balaban J connectivity index is 1.42. The number of allylic oxidation sites excluding steroid dienone is 1. The van der Waals surface area contributed by atoms with Crippen LogP contribution in [0.5, 0.6) is 5.75 Å². The Morgan fingerprint density at radius 1 is 0.909 bits per heavy atom. The number of aryl methyl sites for hydroxylation is 1. The van der Waals surface area contributed by atoms with Crippen molar-refractivity contribution in [3.05, 3.63) is 114 Å². The lowest BCUT2D eigenvalue weighted by Crippen LogP contribution is -2.32. The molecule has 0 spiro atoms. The number of rotatable bonds is 9. The first kappa shape index (κ1) is 29.1. The maximum atomic E-state index is 13.7. The number of para-hydroxylation sites is 2. The SMILES string of the molecule is CCOC(=O)c1c(CCCOc2cccc3ccccc23)c2cccc3c2n1CCN(c1ccccc1)C/C(N)=C\3C(C)=N. The van der Waals surface area contributed by atoms with E-state index in [0.717, 1.165) is 44.2 Å². The molecule has 44 heavy (non-hydrogen) atoms. The van der Waals surface area contributed by atoms with Gasteiger partial charge in [0.1, 0.15) is 11.4 Å². The van der Waals surface area contributed by atoms with Crippen LogP contribution in [0, 0.1) is 5.41 Å². The van der Waals surface area contributed by atoms with Crippen molar-refractivity contribution in [2.45, 2.75) is 33.2 Å². The molecule has 1 aromatic heterocycles. The summed E-state index contributed by atoms with van der Waals surface area (Å²) in [5, 5.41) is 12.0. The zero-order valence-electron chi connectivity index (χ0n) is 25.3. The molecule has 1 aliphatic heterocycles. The van der Waals surface area contributed by atoms with Gasteiger partial charge in [0.05, 0.1) is 25.3 Å². The average molecular weight is 587 g/mol. The van der Waals surface area contributed by atoms with Crippen LogP contribution in [0.15, 0.2) is 96.7 Å². The number of ether oxygens (including phenoxy) is 2. The lowest BCUT2D eigenvalue weighted by Gasteiger charge is -2.26. The summed E-state index contributed by atoms with van der Waals surface area (Å²) in [7, 11) is 0. The largest absolute Gasteiger partial charge is 0.493 e. The minimum atomic E-state index is -0.338. The van der Waals surface area contributed by atoms with E-state index in [1.807, 2.05) is 61.5 Å². The van der Waals surface area contributed by atoms with Crippen molar-refractivity contribution in [1.82, 2.24) is 4.57 Å². The Morgan fingerprint density at radius 3 is 2.43 bits per heavy atom. The van der Waals surface area contributed by atoms with Crippen LogP contribution in [0.3, 0.4) is 0 Å². The molecule has 6 rings (SSSR count). The lowest BCUT2D eigenvalue weighted by molar-refractivity contribution is 0.0513. The van der Waals surface area contributed by atoms with Crippen molar-refractivity contribution in [2.24, 2.45) is 5.73 Å². The second-order valence-electron chi connectivity index (χ2n) is 11.1. The first-order valence-electron chi connectivity index (χ1n) is 15.2. The standard InChI is InChI=1S/C37H38N4O3/c1-3-43-37(42)36-30(19-11-23-44-33-20-9-13-26-12-7-8-16-28(26)33)29-17-10-18-31-34(25(2)38)32(39)24-40(21-22-41(36)35(29)31)27-14-5-4-6-15-27/h4-10,12-18,20,38H,3,11,19,21-24,39H2,1-2H3/b34-32+,38-25?. The van der Waals surface area contributed by atoms with Gasteiger partial charge in [-0.2, -0.15) is 0 Å². The number of carbonyl (C=O) groups is 1. The molecule has 0 saturated carbocycles. The highest BCUT2D eigenvalue weighted by Gasteiger charge is 2.28. The van der Waals surface area contributed by atoms with Gasteiger partial charge in [0.2, 0.25) is 0 Å². The van der Waals surface area contributed by atoms with E-state index in [1.54, 1.807) is 6.92 Å². The maximum Gasteiger partial charge on any atom is 0.355 e. The molecule has 2 heterocycles. The zero-order chi connectivity index (χ0) is 30.6. The molecule has 0 unspecified atom stereocenters. The van der Waals surface area contributed by atoms with E-state index >= 15 is 0 Å². The summed E-state index contributed by atoms with van der Waals surface area (Å²) in [5.41, 5.74) is 12.9. The maximum absolute atomic E-state index is 13.7. The molecule has 0 amide bonds. The highest BCUT2D eigenvalue weighted by Crippen LogP contribution is 2.36. The number of hydrogen-bond donors (Lipinski definition) is 2. The number of esters is 1. The number of nitrogens with zero attached hydrogens (tertiary/aromatic N) is 2. The Labute approximate surface area is 258 Å². The van der Waals surface area contributed by atoms with Crippen LogP contribution in [-0.4, -0.2) is 42.6 Å². The second kappa shape index (κ2) is 12.7. The van der Waals surface area contributed by atoms with Gasteiger partial charge >= 0.3 is 5.97 Å². The zero-order valence-corrected chi connectivity index (χ0v) is 25.3. The van der Waals surface area contributed by atoms with E-state index in [0.29, 0.717) is 61.8 Å². The number of nitrogens with one attached hydrogen (secondary N) is 1. The third-order valence-electron chi connectivity index (χ3n) is 8.28. The summed E-state index contributed by atoms with van der Waals surface area (Å²) >= 11 is 0. The normalized spacial score (nSPS) is 15.1. The van der Waals surface area contributed by atoms with Gasteiger partial charge in [-0.05, 0) is 55.8 Å². The first-order valence-corrected chi connectivity index (χ1v) is 15.2. The number of benzene rings is 4. The molecule has 0 bridgehead atoms. The fourth-order valence-electron chi connectivity index (χ4n) is 6.40. The quantitative estimate of drug-likeness (QED) is 0.108. The number of anilines is 1. The summed E-state index contributed by atoms with van der Waals surface area (Å²) < 4.78 is 14.0. The van der Waals surface area contributed by atoms with Crippen LogP contribution in [0.1, 0.15) is 41.9 Å². The molecule has 0 radical (unpaired) electrons.